The highest BCUT2D eigenvalue weighted by Gasteiger charge is 2.30. The monoisotopic (exact) mass is 219 g/mol. The third kappa shape index (κ3) is 2.65. The third-order valence-corrected chi connectivity index (χ3v) is 3.21. The molecule has 1 aromatic rings. The van der Waals surface area contributed by atoms with Gasteiger partial charge in [-0.25, -0.2) is 0 Å². The fourth-order valence-electron chi connectivity index (χ4n) is 2.46. The van der Waals surface area contributed by atoms with Crippen LogP contribution >= 0.6 is 0 Å². The first-order valence-corrected chi connectivity index (χ1v) is 6.49. The van der Waals surface area contributed by atoms with Crippen molar-refractivity contribution < 1.29 is 0 Å². The molecule has 0 aromatic heterocycles. The van der Waals surface area contributed by atoms with E-state index in [2.05, 4.69) is 50.4 Å². The number of benzene rings is 1. The second-order valence-corrected chi connectivity index (χ2v) is 4.74. The van der Waals surface area contributed by atoms with Crippen LogP contribution in [0.3, 0.4) is 0 Å². The molecule has 0 spiro atoms. The van der Waals surface area contributed by atoms with E-state index in [-0.39, 0.29) is 5.54 Å². The van der Waals surface area contributed by atoms with Crippen LogP contribution in [0.15, 0.2) is 24.3 Å². The van der Waals surface area contributed by atoms with E-state index in [1.54, 1.807) is 0 Å². The Balaban J connectivity index is 0.000000606. The van der Waals surface area contributed by atoms with Crippen molar-refractivity contribution in [1.82, 2.24) is 5.32 Å². The van der Waals surface area contributed by atoms with Crippen LogP contribution in [0.4, 0.5) is 0 Å². The molecule has 1 heterocycles. The molecule has 16 heavy (non-hydrogen) atoms. The average molecular weight is 219 g/mol. The molecule has 1 aromatic carbocycles. The summed E-state index contributed by atoms with van der Waals surface area (Å²) < 4.78 is 0. The standard InChI is InChI=1S/C13H19N.C2H6/c1-4-11-9-10-7-5-6-8-12(10)13(2,3)14-11;1-2/h5-8,11,14H,4,9H2,1-3H3;1-2H3. The predicted molar refractivity (Wildman–Crippen MR) is 71.7 cm³/mol. The molecule has 2 rings (SSSR count). The topological polar surface area (TPSA) is 12.0 Å². The van der Waals surface area contributed by atoms with E-state index < -0.39 is 0 Å². The highest BCUT2D eigenvalue weighted by atomic mass is 15.0. The molecular formula is C15H25N. The largest absolute Gasteiger partial charge is 0.305 e. The van der Waals surface area contributed by atoms with E-state index in [1.807, 2.05) is 13.8 Å². The van der Waals surface area contributed by atoms with Crippen molar-refractivity contribution in [3.05, 3.63) is 35.4 Å². The second kappa shape index (κ2) is 5.49. The zero-order valence-corrected chi connectivity index (χ0v) is 11.3. The fraction of sp³-hybridized carbons (Fsp3) is 0.600. The van der Waals surface area contributed by atoms with Crippen molar-refractivity contribution in [3.8, 4) is 0 Å². The lowest BCUT2D eigenvalue weighted by Crippen LogP contribution is -2.48. The Hall–Kier alpha value is -0.820. The van der Waals surface area contributed by atoms with E-state index in [0.717, 1.165) is 0 Å². The minimum absolute atomic E-state index is 0.134. The van der Waals surface area contributed by atoms with Crippen LogP contribution in [0, 0.1) is 0 Å². The Morgan fingerprint density at radius 2 is 1.88 bits per heavy atom. The summed E-state index contributed by atoms with van der Waals surface area (Å²) in [5.41, 5.74) is 3.11. The summed E-state index contributed by atoms with van der Waals surface area (Å²) in [6.07, 6.45) is 2.38. The molecule has 0 radical (unpaired) electrons. The van der Waals surface area contributed by atoms with Gasteiger partial charge in [-0.3, -0.25) is 0 Å². The maximum absolute atomic E-state index is 3.70. The lowest BCUT2D eigenvalue weighted by molar-refractivity contribution is 0.306. The van der Waals surface area contributed by atoms with Crippen LogP contribution in [0.25, 0.3) is 0 Å². The smallest absolute Gasteiger partial charge is 0.0382 e. The summed E-state index contributed by atoms with van der Waals surface area (Å²) in [4.78, 5) is 0. The first-order chi connectivity index (χ1) is 7.63. The Bertz CT molecular complexity index is 328. The Labute approximate surface area is 100 Å². The van der Waals surface area contributed by atoms with Gasteiger partial charge in [0.25, 0.3) is 0 Å². The lowest BCUT2D eigenvalue weighted by atomic mass is 9.82. The van der Waals surface area contributed by atoms with Gasteiger partial charge in [-0.05, 0) is 37.8 Å². The van der Waals surface area contributed by atoms with E-state index in [4.69, 9.17) is 0 Å². The highest BCUT2D eigenvalue weighted by molar-refractivity contribution is 5.35. The van der Waals surface area contributed by atoms with Gasteiger partial charge in [0.2, 0.25) is 0 Å². The molecule has 0 aliphatic carbocycles. The quantitative estimate of drug-likeness (QED) is 0.756. The molecule has 0 saturated heterocycles. The van der Waals surface area contributed by atoms with E-state index in [0.29, 0.717) is 6.04 Å². The summed E-state index contributed by atoms with van der Waals surface area (Å²) in [6.45, 7) is 10.8. The Kier molecular flexibility index (Phi) is 4.55. The van der Waals surface area contributed by atoms with Crippen molar-refractivity contribution >= 4 is 0 Å². The summed E-state index contributed by atoms with van der Waals surface area (Å²) in [6, 6.07) is 9.43. The first kappa shape index (κ1) is 13.2. The van der Waals surface area contributed by atoms with Crippen molar-refractivity contribution in [2.24, 2.45) is 0 Å². The van der Waals surface area contributed by atoms with E-state index in [9.17, 15) is 0 Å². The number of hydrogen-bond acceptors (Lipinski definition) is 1. The van der Waals surface area contributed by atoms with Crippen LogP contribution in [-0.2, 0) is 12.0 Å². The molecular weight excluding hydrogens is 194 g/mol. The molecule has 1 N–H and O–H groups in total. The van der Waals surface area contributed by atoms with Gasteiger partial charge < -0.3 is 5.32 Å². The summed E-state index contributed by atoms with van der Waals surface area (Å²) >= 11 is 0. The van der Waals surface area contributed by atoms with Gasteiger partial charge in [-0.1, -0.05) is 45.0 Å². The maximum Gasteiger partial charge on any atom is 0.0382 e. The Morgan fingerprint density at radius 3 is 2.50 bits per heavy atom. The van der Waals surface area contributed by atoms with Gasteiger partial charge in [-0.2, -0.15) is 0 Å². The van der Waals surface area contributed by atoms with Gasteiger partial charge in [0.1, 0.15) is 0 Å². The molecule has 1 aliphatic heterocycles. The minimum Gasteiger partial charge on any atom is -0.305 e. The van der Waals surface area contributed by atoms with Crippen molar-refractivity contribution in [2.75, 3.05) is 0 Å². The number of hydrogen-bond donors (Lipinski definition) is 1. The average Bonchev–Trinajstić information content (AvgIpc) is 2.31. The van der Waals surface area contributed by atoms with E-state index >= 15 is 0 Å². The fourth-order valence-corrected chi connectivity index (χ4v) is 2.46. The van der Waals surface area contributed by atoms with Gasteiger partial charge in [0, 0.05) is 11.6 Å². The van der Waals surface area contributed by atoms with Gasteiger partial charge in [-0.15, -0.1) is 0 Å². The van der Waals surface area contributed by atoms with Crippen molar-refractivity contribution in [2.45, 2.75) is 59.0 Å². The summed E-state index contributed by atoms with van der Waals surface area (Å²) in [5, 5.41) is 3.70. The summed E-state index contributed by atoms with van der Waals surface area (Å²) in [5.74, 6) is 0. The zero-order valence-electron chi connectivity index (χ0n) is 11.3. The van der Waals surface area contributed by atoms with E-state index in [1.165, 1.54) is 24.0 Å². The maximum atomic E-state index is 3.70. The molecule has 90 valence electrons. The van der Waals surface area contributed by atoms with Gasteiger partial charge in [0.15, 0.2) is 0 Å². The number of nitrogens with one attached hydrogen (secondary N) is 1. The van der Waals surface area contributed by atoms with Crippen LogP contribution in [-0.4, -0.2) is 6.04 Å². The third-order valence-electron chi connectivity index (χ3n) is 3.21. The molecule has 1 heteroatoms. The molecule has 1 atom stereocenters. The number of rotatable bonds is 1. The molecule has 0 fully saturated rings. The second-order valence-electron chi connectivity index (χ2n) is 4.74. The molecule has 0 bridgehead atoms. The summed E-state index contributed by atoms with van der Waals surface area (Å²) in [7, 11) is 0. The normalized spacial score (nSPS) is 21.7. The molecule has 0 saturated carbocycles. The highest BCUT2D eigenvalue weighted by Crippen LogP contribution is 2.30. The molecule has 1 unspecified atom stereocenters. The van der Waals surface area contributed by atoms with Crippen LogP contribution in [0.2, 0.25) is 0 Å². The van der Waals surface area contributed by atoms with Crippen molar-refractivity contribution in [3.63, 3.8) is 0 Å². The van der Waals surface area contributed by atoms with Gasteiger partial charge >= 0.3 is 0 Å². The molecule has 0 amide bonds. The SMILES string of the molecule is CC.CCC1Cc2ccccc2C(C)(C)N1. The minimum atomic E-state index is 0.134. The van der Waals surface area contributed by atoms with Crippen LogP contribution in [0.5, 0.6) is 0 Å². The van der Waals surface area contributed by atoms with Crippen LogP contribution < -0.4 is 5.32 Å². The lowest BCUT2D eigenvalue weighted by Gasteiger charge is -2.39. The first-order valence-electron chi connectivity index (χ1n) is 6.49. The molecule has 1 aliphatic rings. The van der Waals surface area contributed by atoms with Crippen molar-refractivity contribution in [1.29, 1.82) is 0 Å². The zero-order chi connectivity index (χ0) is 12.2. The Morgan fingerprint density at radius 1 is 1.25 bits per heavy atom. The van der Waals surface area contributed by atoms with Gasteiger partial charge in [0.05, 0.1) is 0 Å². The predicted octanol–water partition coefficient (Wildman–Crippen LogP) is 3.87. The molecule has 1 nitrogen and oxygen atoms in total. The number of fused-ring (bicyclic) bond motifs is 1. The van der Waals surface area contributed by atoms with Crippen LogP contribution in [0.1, 0.15) is 52.2 Å².